The molecule has 2 rings (SSSR count). The van der Waals surface area contributed by atoms with Crippen LogP contribution in [0, 0.1) is 25.2 Å². The fourth-order valence-electron chi connectivity index (χ4n) is 1.77. The summed E-state index contributed by atoms with van der Waals surface area (Å²) in [6, 6.07) is 8.91. The summed E-state index contributed by atoms with van der Waals surface area (Å²) < 4.78 is 1.28. The lowest BCUT2D eigenvalue weighted by atomic mass is 10.1. The topological polar surface area (TPSA) is 78.7 Å². The molecule has 0 amide bonds. The van der Waals surface area contributed by atoms with Crippen LogP contribution in [-0.4, -0.2) is 9.78 Å². The van der Waals surface area contributed by atoms with Crippen LogP contribution in [0.2, 0.25) is 0 Å². The van der Waals surface area contributed by atoms with Gasteiger partial charge in [-0.1, -0.05) is 12.1 Å². The maximum Gasteiger partial charge on any atom is 0.268 e. The molecule has 0 spiro atoms. The number of rotatable bonds is 2. The highest BCUT2D eigenvalue weighted by atomic mass is 16.2. The van der Waals surface area contributed by atoms with E-state index in [0.29, 0.717) is 16.7 Å². The lowest BCUT2D eigenvalue weighted by molar-refractivity contribution is 0.618. The van der Waals surface area contributed by atoms with Crippen LogP contribution >= 0.6 is 0 Å². The third-order valence-corrected chi connectivity index (χ3v) is 3.13. The van der Waals surface area contributed by atoms with Gasteiger partial charge in [-0.05, 0) is 31.5 Å². The van der Waals surface area contributed by atoms with E-state index < -0.39 is 0 Å². The third kappa shape index (κ3) is 2.47. The van der Waals surface area contributed by atoms with Crippen molar-refractivity contribution in [1.29, 1.82) is 5.26 Å². The van der Waals surface area contributed by atoms with Gasteiger partial charge in [-0.3, -0.25) is 14.7 Å². The summed E-state index contributed by atoms with van der Waals surface area (Å²) in [4.78, 5) is 23.7. The van der Waals surface area contributed by atoms with Crippen LogP contribution in [0.15, 0.2) is 33.9 Å². The second-order valence-electron chi connectivity index (χ2n) is 4.39. The molecule has 0 aliphatic rings. The van der Waals surface area contributed by atoms with Crippen LogP contribution in [0.5, 0.6) is 0 Å². The number of nitrogens with one attached hydrogen (secondary N) is 1. The summed E-state index contributed by atoms with van der Waals surface area (Å²) in [6.07, 6.45) is 0. The van der Waals surface area contributed by atoms with E-state index in [1.807, 2.05) is 6.07 Å². The molecule has 0 radical (unpaired) electrons. The highest BCUT2D eigenvalue weighted by molar-refractivity contribution is 5.31. The second kappa shape index (κ2) is 4.94. The molecule has 0 aliphatic heterocycles. The standard InChI is InChI=1S/C14H13N3O2/c1-9-10(2)14(19)17(16-13(9)18)8-12-5-3-11(7-15)4-6-12/h3-6H,8H2,1-2H3,(H,16,18). The fourth-order valence-corrected chi connectivity index (χ4v) is 1.77. The minimum atomic E-state index is -0.259. The highest BCUT2D eigenvalue weighted by Crippen LogP contribution is 2.04. The molecular formula is C14H13N3O2. The normalized spacial score (nSPS) is 10.2. The van der Waals surface area contributed by atoms with Crippen molar-refractivity contribution in [2.24, 2.45) is 0 Å². The summed E-state index contributed by atoms with van der Waals surface area (Å²) in [7, 11) is 0. The van der Waals surface area contributed by atoms with Gasteiger partial charge in [0.05, 0.1) is 18.2 Å². The summed E-state index contributed by atoms with van der Waals surface area (Å²) >= 11 is 0. The quantitative estimate of drug-likeness (QED) is 0.871. The molecule has 0 aliphatic carbocycles. The first-order valence-electron chi connectivity index (χ1n) is 5.82. The molecule has 5 heteroatoms. The Labute approximate surface area is 109 Å². The van der Waals surface area contributed by atoms with Crippen molar-refractivity contribution in [2.75, 3.05) is 0 Å². The Morgan fingerprint density at radius 3 is 2.37 bits per heavy atom. The van der Waals surface area contributed by atoms with E-state index >= 15 is 0 Å². The van der Waals surface area contributed by atoms with Gasteiger partial charge in [0.2, 0.25) is 0 Å². The predicted octanol–water partition coefficient (Wildman–Crippen LogP) is 1.07. The van der Waals surface area contributed by atoms with E-state index in [4.69, 9.17) is 5.26 Å². The van der Waals surface area contributed by atoms with Crippen molar-refractivity contribution >= 4 is 0 Å². The maximum absolute atomic E-state index is 12.0. The summed E-state index contributed by atoms with van der Waals surface area (Å²) in [5.41, 5.74) is 1.84. The number of H-pyrrole nitrogens is 1. The Morgan fingerprint density at radius 2 is 1.79 bits per heavy atom. The van der Waals surface area contributed by atoms with Crippen LogP contribution in [0.1, 0.15) is 22.3 Å². The molecule has 0 saturated carbocycles. The molecule has 1 aromatic heterocycles. The molecule has 0 saturated heterocycles. The number of hydrogen-bond acceptors (Lipinski definition) is 3. The molecule has 0 unspecified atom stereocenters. The molecule has 1 aromatic carbocycles. The number of hydrogen-bond donors (Lipinski definition) is 1. The van der Waals surface area contributed by atoms with E-state index in [1.54, 1.807) is 38.1 Å². The molecule has 1 heterocycles. The molecule has 2 aromatic rings. The first-order valence-corrected chi connectivity index (χ1v) is 5.82. The van der Waals surface area contributed by atoms with Gasteiger partial charge in [0, 0.05) is 11.1 Å². The van der Waals surface area contributed by atoms with Crippen LogP contribution in [0.4, 0.5) is 0 Å². The molecular weight excluding hydrogens is 242 g/mol. The van der Waals surface area contributed by atoms with E-state index in [9.17, 15) is 9.59 Å². The first kappa shape index (κ1) is 12.8. The third-order valence-electron chi connectivity index (χ3n) is 3.13. The van der Waals surface area contributed by atoms with Crippen molar-refractivity contribution in [1.82, 2.24) is 9.78 Å². The van der Waals surface area contributed by atoms with Gasteiger partial charge < -0.3 is 0 Å². The van der Waals surface area contributed by atoms with Crippen LogP contribution in [-0.2, 0) is 6.54 Å². The zero-order valence-electron chi connectivity index (χ0n) is 10.7. The Kier molecular flexibility index (Phi) is 3.34. The van der Waals surface area contributed by atoms with E-state index in [1.165, 1.54) is 4.68 Å². The lowest BCUT2D eigenvalue weighted by Gasteiger charge is -2.08. The zero-order chi connectivity index (χ0) is 14.0. The van der Waals surface area contributed by atoms with Crippen molar-refractivity contribution in [2.45, 2.75) is 20.4 Å². The summed E-state index contributed by atoms with van der Waals surface area (Å²) in [5, 5.41) is 11.3. The zero-order valence-corrected chi connectivity index (χ0v) is 10.7. The maximum atomic E-state index is 12.0. The van der Waals surface area contributed by atoms with Gasteiger partial charge in [-0.15, -0.1) is 0 Å². The Bertz CT molecular complexity index is 761. The number of nitrogens with zero attached hydrogens (tertiary/aromatic N) is 2. The number of aromatic nitrogens is 2. The van der Waals surface area contributed by atoms with Gasteiger partial charge in [0.15, 0.2) is 0 Å². The van der Waals surface area contributed by atoms with Crippen LogP contribution in [0.25, 0.3) is 0 Å². The summed E-state index contributed by atoms with van der Waals surface area (Å²) in [6.45, 7) is 3.55. The smallest absolute Gasteiger partial charge is 0.268 e. The first-order chi connectivity index (χ1) is 9.02. The van der Waals surface area contributed by atoms with Crippen molar-refractivity contribution in [3.63, 3.8) is 0 Å². The monoisotopic (exact) mass is 255 g/mol. The van der Waals surface area contributed by atoms with E-state index in [2.05, 4.69) is 5.10 Å². The average molecular weight is 255 g/mol. The number of aromatic amines is 1. The van der Waals surface area contributed by atoms with Crippen molar-refractivity contribution in [3.05, 3.63) is 67.2 Å². The summed E-state index contributed by atoms with van der Waals surface area (Å²) in [5.74, 6) is 0. The lowest BCUT2D eigenvalue weighted by Crippen LogP contribution is -2.33. The SMILES string of the molecule is Cc1c(C)c(=O)n(Cc2ccc(C#N)cc2)[nH]c1=O. The number of benzene rings is 1. The predicted molar refractivity (Wildman–Crippen MR) is 71.1 cm³/mol. The van der Waals surface area contributed by atoms with Gasteiger partial charge in [0.25, 0.3) is 11.1 Å². The largest absolute Gasteiger partial charge is 0.268 e. The molecule has 96 valence electrons. The Balaban J connectivity index is 2.41. The molecule has 19 heavy (non-hydrogen) atoms. The Hall–Kier alpha value is -2.61. The molecule has 5 nitrogen and oxygen atoms in total. The van der Waals surface area contributed by atoms with E-state index in [0.717, 1.165) is 5.56 Å². The van der Waals surface area contributed by atoms with Gasteiger partial charge in [-0.25, -0.2) is 4.68 Å². The minimum absolute atomic E-state index is 0.207. The number of nitriles is 1. The van der Waals surface area contributed by atoms with Crippen LogP contribution in [0.3, 0.4) is 0 Å². The fraction of sp³-hybridized carbons (Fsp3) is 0.214. The van der Waals surface area contributed by atoms with E-state index in [-0.39, 0.29) is 17.7 Å². The minimum Gasteiger partial charge on any atom is -0.268 e. The van der Waals surface area contributed by atoms with Crippen LogP contribution < -0.4 is 11.1 Å². The van der Waals surface area contributed by atoms with Gasteiger partial charge in [0.1, 0.15) is 0 Å². The average Bonchev–Trinajstić information content (AvgIpc) is 2.43. The Morgan fingerprint density at radius 1 is 1.16 bits per heavy atom. The molecule has 1 N–H and O–H groups in total. The molecule has 0 fully saturated rings. The van der Waals surface area contributed by atoms with Crippen molar-refractivity contribution < 1.29 is 0 Å². The molecule has 0 atom stereocenters. The highest BCUT2D eigenvalue weighted by Gasteiger charge is 2.07. The second-order valence-corrected chi connectivity index (χ2v) is 4.39. The van der Waals surface area contributed by atoms with Crippen molar-refractivity contribution in [3.8, 4) is 6.07 Å². The van der Waals surface area contributed by atoms with Gasteiger partial charge >= 0.3 is 0 Å². The molecule has 0 bridgehead atoms. The van der Waals surface area contributed by atoms with Gasteiger partial charge in [-0.2, -0.15) is 5.26 Å².